The molecule has 0 aliphatic carbocycles. The zero-order valence-electron chi connectivity index (χ0n) is 11.2. The molecule has 1 heterocycles. The Morgan fingerprint density at radius 2 is 1.79 bits per heavy atom. The molecule has 0 saturated heterocycles. The minimum atomic E-state index is -4.32. The smallest absolute Gasteiger partial charge is 0.343 e. The van der Waals surface area contributed by atoms with Crippen molar-refractivity contribution in [2.45, 2.75) is 39.0 Å². The Kier molecular flexibility index (Phi) is 3.13. The molecule has 2 rings (SSSR count). The molecule has 0 unspecified atom stereocenters. The van der Waals surface area contributed by atoms with Gasteiger partial charge in [-0.1, -0.05) is 6.07 Å². The van der Waals surface area contributed by atoms with Gasteiger partial charge in [0.05, 0.1) is 11.1 Å². The lowest BCUT2D eigenvalue weighted by Gasteiger charge is -2.21. The maximum Gasteiger partial charge on any atom is 0.416 e. The van der Waals surface area contributed by atoms with E-state index in [2.05, 4.69) is 0 Å². The Morgan fingerprint density at radius 1 is 1.16 bits per heavy atom. The molecule has 104 valence electrons. The Hall–Kier alpha value is -1.49. The first kappa shape index (κ1) is 13.9. The second-order valence-electron chi connectivity index (χ2n) is 5.27. The lowest BCUT2D eigenvalue weighted by molar-refractivity contribution is -0.137. The molecule has 0 aliphatic heterocycles. The SMILES string of the molecule is CCn1c(C(C)(C)N)cc2ccc(C(F)(F)F)cc21. The van der Waals surface area contributed by atoms with Crippen LogP contribution in [-0.2, 0) is 18.3 Å². The van der Waals surface area contributed by atoms with Crippen LogP contribution in [0.25, 0.3) is 10.9 Å². The average Bonchev–Trinajstić information content (AvgIpc) is 2.64. The van der Waals surface area contributed by atoms with Crippen LogP contribution in [0.1, 0.15) is 32.0 Å². The van der Waals surface area contributed by atoms with Gasteiger partial charge in [-0.2, -0.15) is 13.2 Å². The number of alkyl halides is 3. The fraction of sp³-hybridized carbons (Fsp3) is 0.429. The first-order valence-corrected chi connectivity index (χ1v) is 6.14. The van der Waals surface area contributed by atoms with E-state index >= 15 is 0 Å². The van der Waals surface area contributed by atoms with E-state index in [4.69, 9.17) is 5.73 Å². The molecule has 0 bridgehead atoms. The molecule has 0 aliphatic rings. The zero-order valence-corrected chi connectivity index (χ0v) is 11.2. The maximum absolute atomic E-state index is 12.8. The van der Waals surface area contributed by atoms with Crippen LogP contribution in [0.5, 0.6) is 0 Å². The molecule has 5 heteroatoms. The summed E-state index contributed by atoms with van der Waals surface area (Å²) in [6.45, 7) is 6.17. The lowest BCUT2D eigenvalue weighted by atomic mass is 10.0. The van der Waals surface area contributed by atoms with Gasteiger partial charge in [0.2, 0.25) is 0 Å². The summed E-state index contributed by atoms with van der Waals surface area (Å²) < 4.78 is 40.1. The number of hydrogen-bond donors (Lipinski definition) is 1. The van der Waals surface area contributed by atoms with Gasteiger partial charge in [-0.3, -0.25) is 0 Å². The van der Waals surface area contributed by atoms with E-state index in [1.165, 1.54) is 12.1 Å². The van der Waals surface area contributed by atoms with Crippen LogP contribution in [0, 0.1) is 0 Å². The number of aryl methyl sites for hydroxylation is 1. The highest BCUT2D eigenvalue weighted by atomic mass is 19.4. The molecule has 0 fully saturated rings. The van der Waals surface area contributed by atoms with Crippen LogP contribution in [-0.4, -0.2) is 4.57 Å². The fourth-order valence-electron chi connectivity index (χ4n) is 2.31. The average molecular weight is 270 g/mol. The second kappa shape index (κ2) is 4.27. The zero-order chi connectivity index (χ0) is 14.4. The summed E-state index contributed by atoms with van der Waals surface area (Å²) in [4.78, 5) is 0. The van der Waals surface area contributed by atoms with E-state index in [1.807, 2.05) is 31.4 Å². The third-order valence-corrected chi connectivity index (χ3v) is 3.21. The number of nitrogens with two attached hydrogens (primary N) is 1. The number of halogens is 3. The number of benzene rings is 1. The van der Waals surface area contributed by atoms with Crippen molar-refractivity contribution in [2.75, 3.05) is 0 Å². The van der Waals surface area contributed by atoms with E-state index in [-0.39, 0.29) is 0 Å². The fourth-order valence-corrected chi connectivity index (χ4v) is 2.31. The van der Waals surface area contributed by atoms with Gasteiger partial charge in [0.1, 0.15) is 0 Å². The van der Waals surface area contributed by atoms with Crippen molar-refractivity contribution < 1.29 is 13.2 Å². The second-order valence-corrected chi connectivity index (χ2v) is 5.27. The topological polar surface area (TPSA) is 30.9 Å². The van der Waals surface area contributed by atoms with Gasteiger partial charge in [0.25, 0.3) is 0 Å². The molecule has 2 aromatic rings. The highest BCUT2D eigenvalue weighted by Crippen LogP contribution is 2.33. The van der Waals surface area contributed by atoms with E-state index in [9.17, 15) is 13.2 Å². The van der Waals surface area contributed by atoms with Crippen molar-refractivity contribution in [3.8, 4) is 0 Å². The highest BCUT2D eigenvalue weighted by molar-refractivity contribution is 5.82. The number of nitrogens with zero attached hydrogens (tertiary/aromatic N) is 1. The first-order chi connectivity index (χ1) is 8.64. The number of hydrogen-bond acceptors (Lipinski definition) is 1. The van der Waals surface area contributed by atoms with E-state index < -0.39 is 17.3 Å². The van der Waals surface area contributed by atoms with Crippen molar-refractivity contribution in [2.24, 2.45) is 5.73 Å². The first-order valence-electron chi connectivity index (χ1n) is 6.14. The summed E-state index contributed by atoms with van der Waals surface area (Å²) in [7, 11) is 0. The molecule has 0 amide bonds. The highest BCUT2D eigenvalue weighted by Gasteiger charge is 2.31. The van der Waals surface area contributed by atoms with Crippen LogP contribution in [0.4, 0.5) is 13.2 Å². The number of rotatable bonds is 2. The van der Waals surface area contributed by atoms with Crippen molar-refractivity contribution >= 4 is 10.9 Å². The largest absolute Gasteiger partial charge is 0.416 e. The van der Waals surface area contributed by atoms with Gasteiger partial charge < -0.3 is 10.3 Å². The molecule has 1 aromatic carbocycles. The summed E-state index contributed by atoms with van der Waals surface area (Å²) >= 11 is 0. The predicted octanol–water partition coefficient (Wildman–Crippen LogP) is 3.87. The van der Waals surface area contributed by atoms with E-state index in [0.29, 0.717) is 12.1 Å². The van der Waals surface area contributed by atoms with Gasteiger partial charge in [0, 0.05) is 17.8 Å². The quantitative estimate of drug-likeness (QED) is 0.882. The third-order valence-electron chi connectivity index (χ3n) is 3.21. The molecule has 0 atom stereocenters. The van der Waals surface area contributed by atoms with Crippen LogP contribution < -0.4 is 5.73 Å². The summed E-state index contributed by atoms with van der Waals surface area (Å²) in [6, 6.07) is 5.66. The van der Waals surface area contributed by atoms with Gasteiger partial charge >= 0.3 is 6.18 Å². The minimum Gasteiger partial charge on any atom is -0.343 e. The van der Waals surface area contributed by atoms with Crippen molar-refractivity contribution in [1.82, 2.24) is 4.57 Å². The summed E-state index contributed by atoms with van der Waals surface area (Å²) in [5, 5.41) is 0.781. The number of fused-ring (bicyclic) bond motifs is 1. The van der Waals surface area contributed by atoms with Gasteiger partial charge in [-0.15, -0.1) is 0 Å². The van der Waals surface area contributed by atoms with Crippen LogP contribution in [0.15, 0.2) is 24.3 Å². The van der Waals surface area contributed by atoms with E-state index in [0.717, 1.165) is 17.1 Å². The molecular formula is C14H17F3N2. The monoisotopic (exact) mass is 270 g/mol. The summed E-state index contributed by atoms with van der Waals surface area (Å²) in [5.74, 6) is 0. The Morgan fingerprint density at radius 3 is 2.26 bits per heavy atom. The van der Waals surface area contributed by atoms with Crippen molar-refractivity contribution in [1.29, 1.82) is 0 Å². The molecule has 2 N–H and O–H groups in total. The molecule has 0 saturated carbocycles. The van der Waals surface area contributed by atoms with Crippen LogP contribution in [0.3, 0.4) is 0 Å². The standard InChI is InChI=1S/C14H17F3N2/c1-4-19-11-8-10(14(15,16)17)6-5-9(11)7-12(19)13(2,3)18/h5-8H,4,18H2,1-3H3. The Bertz CT molecular complexity index is 603. The Labute approximate surface area is 110 Å². The predicted molar refractivity (Wildman–Crippen MR) is 69.8 cm³/mol. The third kappa shape index (κ3) is 2.47. The van der Waals surface area contributed by atoms with Crippen LogP contribution in [0.2, 0.25) is 0 Å². The molecule has 0 spiro atoms. The Balaban J connectivity index is 2.72. The maximum atomic E-state index is 12.8. The molecular weight excluding hydrogens is 253 g/mol. The van der Waals surface area contributed by atoms with Crippen LogP contribution >= 0.6 is 0 Å². The molecule has 2 nitrogen and oxygen atoms in total. The van der Waals surface area contributed by atoms with Gasteiger partial charge in [0.15, 0.2) is 0 Å². The molecule has 0 radical (unpaired) electrons. The van der Waals surface area contributed by atoms with Gasteiger partial charge in [-0.25, -0.2) is 0 Å². The van der Waals surface area contributed by atoms with Crippen molar-refractivity contribution in [3.05, 3.63) is 35.5 Å². The normalized spacial score (nSPS) is 13.2. The summed E-state index contributed by atoms with van der Waals surface area (Å²) in [6.07, 6.45) is -4.32. The molecule has 19 heavy (non-hydrogen) atoms. The van der Waals surface area contributed by atoms with Gasteiger partial charge in [-0.05, 0) is 44.4 Å². The number of aromatic nitrogens is 1. The lowest BCUT2D eigenvalue weighted by Crippen LogP contribution is -2.31. The van der Waals surface area contributed by atoms with Crippen molar-refractivity contribution in [3.63, 3.8) is 0 Å². The van der Waals surface area contributed by atoms with E-state index in [1.54, 1.807) is 0 Å². The minimum absolute atomic E-state index is 0.575. The summed E-state index contributed by atoms with van der Waals surface area (Å²) in [5.41, 5.74) is 6.27. The molecule has 1 aromatic heterocycles.